The average Bonchev–Trinajstić information content (AvgIpc) is 2.30. The molecule has 4 heteroatoms. The predicted octanol–water partition coefficient (Wildman–Crippen LogP) is 2.20. The first-order valence-corrected chi connectivity index (χ1v) is 6.44. The quantitative estimate of drug-likeness (QED) is 0.423. The Bertz CT molecular complexity index is 243. The van der Waals surface area contributed by atoms with Gasteiger partial charge in [0.1, 0.15) is 6.04 Å². The van der Waals surface area contributed by atoms with Crippen LogP contribution in [0.1, 0.15) is 26.2 Å². The molecule has 0 aliphatic carbocycles. The van der Waals surface area contributed by atoms with E-state index >= 15 is 0 Å². The number of hydrogen-bond acceptors (Lipinski definition) is 3. The molecule has 1 aliphatic heterocycles. The van der Waals surface area contributed by atoms with E-state index in [1.165, 1.54) is 0 Å². The molecule has 16 heavy (non-hydrogen) atoms. The third kappa shape index (κ3) is 4.14. The lowest BCUT2D eigenvalue weighted by atomic mass is 10.0. The number of halogens is 1. The average molecular weight is 246 g/mol. The van der Waals surface area contributed by atoms with E-state index in [9.17, 15) is 4.79 Å². The van der Waals surface area contributed by atoms with Crippen molar-refractivity contribution in [2.45, 2.75) is 32.2 Å². The van der Waals surface area contributed by atoms with Crippen molar-refractivity contribution in [2.75, 3.05) is 25.6 Å². The Morgan fingerprint density at radius 1 is 1.50 bits per heavy atom. The second-order valence-electron chi connectivity index (χ2n) is 3.88. The van der Waals surface area contributed by atoms with E-state index in [1.807, 2.05) is 19.1 Å². The first-order chi connectivity index (χ1) is 7.79. The number of carbonyl (C=O) groups is 1. The van der Waals surface area contributed by atoms with Gasteiger partial charge in [0.05, 0.1) is 6.61 Å². The fourth-order valence-corrected chi connectivity index (χ4v) is 2.11. The Morgan fingerprint density at radius 2 is 2.31 bits per heavy atom. The summed E-state index contributed by atoms with van der Waals surface area (Å²) in [6.07, 6.45) is 7.11. The Hall–Kier alpha value is -0.540. The van der Waals surface area contributed by atoms with Gasteiger partial charge in [-0.2, -0.15) is 0 Å². The van der Waals surface area contributed by atoms with E-state index in [0.29, 0.717) is 12.5 Å². The Kier molecular flexibility index (Phi) is 6.50. The molecule has 1 fully saturated rings. The van der Waals surface area contributed by atoms with Gasteiger partial charge in [-0.25, -0.2) is 0 Å². The van der Waals surface area contributed by atoms with Crippen LogP contribution in [0.15, 0.2) is 12.2 Å². The van der Waals surface area contributed by atoms with Crippen molar-refractivity contribution < 1.29 is 9.53 Å². The molecule has 92 valence electrons. The van der Waals surface area contributed by atoms with Crippen LogP contribution in [0.2, 0.25) is 0 Å². The molecule has 1 saturated heterocycles. The minimum absolute atomic E-state index is 0.0614. The van der Waals surface area contributed by atoms with Crippen LogP contribution in [0, 0.1) is 0 Å². The lowest BCUT2D eigenvalue weighted by molar-refractivity contribution is -0.150. The number of rotatable bonds is 5. The lowest BCUT2D eigenvalue weighted by Gasteiger charge is -2.33. The fraction of sp³-hybridized carbons (Fsp3) is 0.750. The standard InChI is InChI=1S/C12H20ClNO2/c1-2-16-12(15)11-7-3-5-9-14(11)10-6-4-8-13/h4,6,11H,2-3,5,7-10H2,1H3/b6-4+. The summed E-state index contributed by atoms with van der Waals surface area (Å²) >= 11 is 5.57. The molecule has 0 bridgehead atoms. The first kappa shape index (κ1) is 13.5. The smallest absolute Gasteiger partial charge is 0.323 e. The molecule has 1 heterocycles. The predicted molar refractivity (Wildman–Crippen MR) is 65.7 cm³/mol. The summed E-state index contributed by atoms with van der Waals surface area (Å²) < 4.78 is 5.09. The fourth-order valence-electron chi connectivity index (χ4n) is 1.99. The van der Waals surface area contributed by atoms with E-state index < -0.39 is 0 Å². The second-order valence-corrected chi connectivity index (χ2v) is 4.19. The van der Waals surface area contributed by atoms with Gasteiger partial charge in [0.25, 0.3) is 0 Å². The molecule has 1 atom stereocenters. The molecule has 0 aromatic heterocycles. The number of nitrogens with zero attached hydrogens (tertiary/aromatic N) is 1. The minimum Gasteiger partial charge on any atom is -0.465 e. The van der Waals surface area contributed by atoms with Gasteiger partial charge in [0, 0.05) is 12.4 Å². The minimum atomic E-state index is -0.0820. The van der Waals surface area contributed by atoms with Crippen LogP contribution in [0.25, 0.3) is 0 Å². The third-order valence-electron chi connectivity index (χ3n) is 2.77. The van der Waals surface area contributed by atoms with Crippen molar-refractivity contribution in [1.29, 1.82) is 0 Å². The Balaban J connectivity index is 2.49. The molecule has 1 aliphatic rings. The molecular formula is C12H20ClNO2. The van der Waals surface area contributed by atoms with Crippen molar-refractivity contribution in [3.8, 4) is 0 Å². The summed E-state index contributed by atoms with van der Waals surface area (Å²) in [5.74, 6) is 0.444. The number of piperidine rings is 1. The highest BCUT2D eigenvalue weighted by Crippen LogP contribution is 2.17. The van der Waals surface area contributed by atoms with Gasteiger partial charge >= 0.3 is 5.97 Å². The van der Waals surface area contributed by atoms with Crippen LogP contribution < -0.4 is 0 Å². The zero-order valence-electron chi connectivity index (χ0n) is 9.82. The number of ether oxygens (including phenoxy) is 1. The number of alkyl halides is 1. The van der Waals surface area contributed by atoms with Crippen molar-refractivity contribution in [1.82, 2.24) is 4.90 Å². The number of allylic oxidation sites excluding steroid dienone is 1. The molecule has 3 nitrogen and oxygen atoms in total. The Labute approximate surface area is 102 Å². The van der Waals surface area contributed by atoms with Crippen LogP contribution in [-0.2, 0) is 9.53 Å². The zero-order chi connectivity index (χ0) is 11.8. The van der Waals surface area contributed by atoms with Crippen LogP contribution >= 0.6 is 11.6 Å². The van der Waals surface area contributed by atoms with Crippen molar-refractivity contribution in [3.63, 3.8) is 0 Å². The van der Waals surface area contributed by atoms with Crippen LogP contribution in [-0.4, -0.2) is 42.5 Å². The third-order valence-corrected chi connectivity index (χ3v) is 2.95. The molecule has 1 unspecified atom stereocenters. The van der Waals surface area contributed by atoms with E-state index in [4.69, 9.17) is 16.3 Å². The maximum absolute atomic E-state index is 11.7. The van der Waals surface area contributed by atoms with E-state index in [0.717, 1.165) is 32.4 Å². The first-order valence-electron chi connectivity index (χ1n) is 5.91. The van der Waals surface area contributed by atoms with Gasteiger partial charge in [-0.05, 0) is 26.3 Å². The lowest BCUT2D eigenvalue weighted by Crippen LogP contribution is -2.45. The monoisotopic (exact) mass is 245 g/mol. The SMILES string of the molecule is CCOC(=O)C1CCCCN1C/C=C/CCl. The summed E-state index contributed by atoms with van der Waals surface area (Å²) in [5, 5.41) is 0. The summed E-state index contributed by atoms with van der Waals surface area (Å²) in [6.45, 7) is 4.06. The molecule has 0 aromatic rings. The van der Waals surface area contributed by atoms with Gasteiger partial charge in [-0.1, -0.05) is 18.6 Å². The van der Waals surface area contributed by atoms with Crippen LogP contribution in [0.5, 0.6) is 0 Å². The zero-order valence-corrected chi connectivity index (χ0v) is 10.6. The van der Waals surface area contributed by atoms with Gasteiger partial charge < -0.3 is 4.74 Å². The largest absolute Gasteiger partial charge is 0.465 e. The number of carbonyl (C=O) groups excluding carboxylic acids is 1. The molecule has 0 radical (unpaired) electrons. The molecule has 0 aromatic carbocycles. The molecule has 0 N–H and O–H groups in total. The van der Waals surface area contributed by atoms with Crippen LogP contribution in [0.4, 0.5) is 0 Å². The molecule has 0 saturated carbocycles. The van der Waals surface area contributed by atoms with E-state index in [1.54, 1.807) is 0 Å². The number of hydrogen-bond donors (Lipinski definition) is 0. The van der Waals surface area contributed by atoms with Crippen molar-refractivity contribution in [2.24, 2.45) is 0 Å². The maximum atomic E-state index is 11.7. The van der Waals surface area contributed by atoms with Crippen LogP contribution in [0.3, 0.4) is 0 Å². The van der Waals surface area contributed by atoms with Gasteiger partial charge in [-0.3, -0.25) is 9.69 Å². The molecule has 0 spiro atoms. The highest BCUT2D eigenvalue weighted by atomic mass is 35.5. The topological polar surface area (TPSA) is 29.5 Å². The second kappa shape index (κ2) is 7.69. The van der Waals surface area contributed by atoms with E-state index in [-0.39, 0.29) is 12.0 Å². The molecule has 1 rings (SSSR count). The number of likely N-dealkylation sites (tertiary alicyclic amines) is 1. The van der Waals surface area contributed by atoms with Gasteiger partial charge in [-0.15, -0.1) is 11.6 Å². The number of esters is 1. The highest BCUT2D eigenvalue weighted by molar-refractivity contribution is 6.18. The summed E-state index contributed by atoms with van der Waals surface area (Å²) in [7, 11) is 0. The maximum Gasteiger partial charge on any atom is 0.323 e. The normalized spacial score (nSPS) is 22.5. The van der Waals surface area contributed by atoms with Gasteiger partial charge in [0.15, 0.2) is 0 Å². The summed E-state index contributed by atoms with van der Waals surface area (Å²) in [6, 6.07) is -0.0614. The van der Waals surface area contributed by atoms with Crippen molar-refractivity contribution in [3.05, 3.63) is 12.2 Å². The van der Waals surface area contributed by atoms with E-state index in [2.05, 4.69) is 4.90 Å². The summed E-state index contributed by atoms with van der Waals surface area (Å²) in [4.78, 5) is 13.9. The molecule has 0 amide bonds. The van der Waals surface area contributed by atoms with Gasteiger partial charge in [0.2, 0.25) is 0 Å². The molecular weight excluding hydrogens is 226 g/mol. The summed E-state index contributed by atoms with van der Waals surface area (Å²) in [5.41, 5.74) is 0. The highest BCUT2D eigenvalue weighted by Gasteiger charge is 2.28. The Morgan fingerprint density at radius 3 is 3.00 bits per heavy atom. The van der Waals surface area contributed by atoms with Crippen molar-refractivity contribution >= 4 is 17.6 Å².